The number of rotatable bonds is 11. The fourth-order valence-electron chi connectivity index (χ4n) is 7.68. The summed E-state index contributed by atoms with van der Waals surface area (Å²) in [6, 6.07) is 10.7. The van der Waals surface area contributed by atoms with Crippen molar-refractivity contribution in [3.8, 4) is 6.07 Å². The fourth-order valence-corrected chi connectivity index (χ4v) is 9.61. The maximum atomic E-state index is 13.5. The molecule has 4 fully saturated rings. The van der Waals surface area contributed by atoms with Crippen LogP contribution < -0.4 is 10.6 Å². The van der Waals surface area contributed by atoms with Gasteiger partial charge in [0.15, 0.2) is 0 Å². The highest BCUT2D eigenvalue weighted by atomic mass is 127. The van der Waals surface area contributed by atoms with Gasteiger partial charge in [0.2, 0.25) is 0 Å². The van der Waals surface area contributed by atoms with Gasteiger partial charge in [0.25, 0.3) is 0 Å². The van der Waals surface area contributed by atoms with Crippen molar-refractivity contribution >= 4 is 27.3 Å². The number of nitrogens with zero attached hydrogens (tertiary/aromatic N) is 4. The fraction of sp³-hybridized carbons (Fsp3) is 0.706. The van der Waals surface area contributed by atoms with E-state index in [1.165, 1.54) is 75.5 Å². The van der Waals surface area contributed by atoms with Crippen LogP contribution in [0.2, 0.25) is 0 Å². The molecule has 0 aromatic heterocycles. The molecule has 2 amide bonds. The Morgan fingerprint density at radius 1 is 1.00 bits per heavy atom. The normalized spacial score (nSPS) is 28.2. The summed E-state index contributed by atoms with van der Waals surface area (Å²) in [5.41, 5.74) is 3.18. The van der Waals surface area contributed by atoms with E-state index in [0.29, 0.717) is 17.5 Å². The van der Waals surface area contributed by atoms with Gasteiger partial charge < -0.3 is 18.1 Å². The van der Waals surface area contributed by atoms with Crippen LogP contribution >= 0.6 is 21.3 Å². The molecule has 0 spiro atoms. The number of nitrogens with one attached hydrogen (secondary N) is 2. The summed E-state index contributed by atoms with van der Waals surface area (Å²) in [5, 5.41) is 16.1. The van der Waals surface area contributed by atoms with E-state index in [2.05, 4.69) is 27.9 Å². The summed E-state index contributed by atoms with van der Waals surface area (Å²) >= 11 is -0.385. The topological polar surface area (TPSA) is 96.3 Å². The van der Waals surface area contributed by atoms with Gasteiger partial charge in [0.1, 0.15) is 33.6 Å². The first-order valence-electron chi connectivity index (χ1n) is 16.9. The minimum Gasteiger partial charge on any atom is -0.351 e. The van der Waals surface area contributed by atoms with Gasteiger partial charge in [-0.3, -0.25) is 5.32 Å². The molecule has 9 heteroatoms. The molecule has 5 aliphatic rings. The lowest BCUT2D eigenvalue weighted by molar-refractivity contribution is 0.0998. The van der Waals surface area contributed by atoms with E-state index < -0.39 is 0 Å². The smallest absolute Gasteiger partial charge is 0.317 e. The number of epoxide rings is 1. The monoisotopic (exact) mass is 700 g/mol. The Labute approximate surface area is 268 Å². The number of hydrogen-bond acceptors (Lipinski definition) is 6. The molecule has 8 nitrogen and oxygen atoms in total. The van der Waals surface area contributed by atoms with Gasteiger partial charge >= 0.3 is 6.03 Å². The van der Waals surface area contributed by atoms with E-state index in [1.807, 2.05) is 30.5 Å². The molecule has 234 valence electrons. The number of ether oxygens (including phenoxy) is 1. The van der Waals surface area contributed by atoms with Crippen molar-refractivity contribution in [1.82, 2.24) is 18.6 Å². The number of nitriles is 1. The molecule has 2 aliphatic carbocycles. The van der Waals surface area contributed by atoms with E-state index >= 15 is 0 Å². The summed E-state index contributed by atoms with van der Waals surface area (Å²) in [6.07, 6.45) is 21.0. The predicted molar refractivity (Wildman–Crippen MR) is 177 cm³/mol. The number of carbonyl (C=O) groups is 1. The Morgan fingerprint density at radius 2 is 1.74 bits per heavy atom. The van der Waals surface area contributed by atoms with Gasteiger partial charge in [-0.05, 0) is 55.2 Å². The van der Waals surface area contributed by atoms with Gasteiger partial charge in [-0.2, -0.15) is 5.26 Å². The van der Waals surface area contributed by atoms with Crippen LogP contribution in [0.15, 0.2) is 39.3 Å². The maximum Gasteiger partial charge on any atom is 0.317 e. The average molecular weight is 701 g/mol. The van der Waals surface area contributed by atoms with E-state index in [0.717, 1.165) is 57.7 Å². The number of piperidine rings is 1. The molecule has 4 unspecified atom stereocenters. The van der Waals surface area contributed by atoms with Crippen molar-refractivity contribution in [2.45, 2.75) is 127 Å². The van der Waals surface area contributed by atoms with Crippen molar-refractivity contribution in [2.24, 2.45) is 15.0 Å². The van der Waals surface area contributed by atoms with Crippen molar-refractivity contribution in [3.63, 3.8) is 0 Å². The molecule has 6 rings (SSSR count). The molecule has 0 bridgehead atoms. The summed E-state index contributed by atoms with van der Waals surface area (Å²) in [5.74, 6) is 1.61. The van der Waals surface area contributed by atoms with Gasteiger partial charge in [-0.15, -0.1) is 0 Å². The van der Waals surface area contributed by atoms with Crippen LogP contribution in [-0.2, 0) is 11.3 Å². The zero-order valence-corrected chi connectivity index (χ0v) is 27.7. The van der Waals surface area contributed by atoms with Crippen LogP contribution in [0.4, 0.5) is 4.79 Å². The Hall–Kier alpha value is -2.03. The van der Waals surface area contributed by atoms with Crippen molar-refractivity contribution in [2.75, 3.05) is 13.1 Å². The van der Waals surface area contributed by atoms with Gasteiger partial charge in [0.05, 0.1) is 30.4 Å². The van der Waals surface area contributed by atoms with Crippen molar-refractivity contribution in [1.29, 1.82) is 5.26 Å². The molecule has 4 atom stereocenters. The van der Waals surface area contributed by atoms with E-state index in [-0.39, 0.29) is 45.7 Å². The van der Waals surface area contributed by atoms with Crippen LogP contribution in [0.25, 0.3) is 0 Å². The largest absolute Gasteiger partial charge is 0.351 e. The molecule has 0 radical (unpaired) electrons. The molecule has 1 aromatic carbocycles. The first kappa shape index (κ1) is 31.0. The average Bonchev–Trinajstić information content (AvgIpc) is 3.70. The maximum absolute atomic E-state index is 13.5. The summed E-state index contributed by atoms with van der Waals surface area (Å²) in [6.45, 7) is 2.53. The molecule has 2 N–H and O–H groups in total. The number of likely N-dealkylation sites (tertiary alicyclic amines) is 1. The highest BCUT2D eigenvalue weighted by Gasteiger charge is 2.50. The molecule has 3 heterocycles. The molecular formula is C34H49IN6O2. The van der Waals surface area contributed by atoms with Gasteiger partial charge in [-0.1, -0.05) is 76.3 Å². The van der Waals surface area contributed by atoms with Crippen molar-refractivity contribution in [3.05, 3.63) is 47.3 Å². The SMILES string of the molecule is N#Cc1ccc(CN2I=NC=C2CCNC2OC2C2CC(CCC3CCCCC3)CCN2C(=O)NC2CCCCC2)cc1. The molecule has 2 saturated heterocycles. The van der Waals surface area contributed by atoms with E-state index in [1.54, 1.807) is 0 Å². The number of amides is 2. The minimum absolute atomic E-state index is 0.0210. The second kappa shape index (κ2) is 15.3. The first-order valence-corrected chi connectivity index (χ1v) is 18.9. The van der Waals surface area contributed by atoms with Crippen LogP contribution in [0, 0.1) is 23.2 Å². The lowest BCUT2D eigenvalue weighted by Crippen LogP contribution is -2.55. The standard InChI is InChI=1S/C34H49IN6O2/c36-22-27-13-15-28(16-14-27)24-41-30(23-38-35-41)17-19-37-33-32(43-33)31-21-26(12-11-25-7-3-1-4-8-25)18-20-40(31)34(42)39-29-9-5-2-6-10-29/h13-16,23,25-26,29,31-33,37H,1-12,17-21,24H2,(H,39,42). The number of hydrogen-bond donors (Lipinski definition) is 2. The second-order valence-corrected chi connectivity index (χ2v) is 15.5. The number of urea groups is 1. The zero-order chi connectivity index (χ0) is 29.4. The highest BCUT2D eigenvalue weighted by molar-refractivity contribution is 14.1. The summed E-state index contributed by atoms with van der Waals surface area (Å²) in [7, 11) is 0. The Kier molecular flexibility index (Phi) is 11.0. The number of halogens is 1. The van der Waals surface area contributed by atoms with Crippen LogP contribution in [0.5, 0.6) is 0 Å². The molecule has 3 aliphatic heterocycles. The quantitative estimate of drug-likeness (QED) is 0.142. The Morgan fingerprint density at radius 3 is 2.51 bits per heavy atom. The predicted octanol–water partition coefficient (Wildman–Crippen LogP) is 7.47. The molecule has 43 heavy (non-hydrogen) atoms. The van der Waals surface area contributed by atoms with Crippen molar-refractivity contribution < 1.29 is 9.53 Å². The Balaban J connectivity index is 1.00. The second-order valence-electron chi connectivity index (χ2n) is 13.4. The molecular weight excluding hydrogens is 651 g/mol. The van der Waals surface area contributed by atoms with Gasteiger partial charge in [0, 0.05) is 31.2 Å². The molecule has 2 saturated carbocycles. The first-order chi connectivity index (χ1) is 21.2. The summed E-state index contributed by atoms with van der Waals surface area (Å²) < 4.78 is 13.3. The van der Waals surface area contributed by atoms with Crippen LogP contribution in [0.1, 0.15) is 107 Å². The number of benzene rings is 1. The highest BCUT2D eigenvalue weighted by Crippen LogP contribution is 2.38. The van der Waals surface area contributed by atoms with Gasteiger partial charge in [-0.25, -0.2) is 7.94 Å². The third-order valence-electron chi connectivity index (χ3n) is 10.3. The lowest BCUT2D eigenvalue weighted by Gasteiger charge is -2.40. The number of carbonyl (C=O) groups excluding carboxylic acids is 1. The zero-order valence-electron chi connectivity index (χ0n) is 25.6. The van der Waals surface area contributed by atoms with E-state index in [4.69, 9.17) is 10.00 Å². The minimum atomic E-state index is -0.385. The van der Waals surface area contributed by atoms with E-state index in [9.17, 15) is 4.79 Å². The Bertz CT molecular complexity index is 1170. The third-order valence-corrected chi connectivity index (χ3v) is 12.3. The van der Waals surface area contributed by atoms with Crippen LogP contribution in [0.3, 0.4) is 0 Å². The summed E-state index contributed by atoms with van der Waals surface area (Å²) in [4.78, 5) is 15.7. The van der Waals surface area contributed by atoms with Crippen LogP contribution in [-0.4, -0.2) is 51.5 Å². The molecule has 1 aromatic rings. The third kappa shape index (κ3) is 8.58. The lowest BCUT2D eigenvalue weighted by atomic mass is 9.80.